The third-order valence-electron chi connectivity index (χ3n) is 3.39. The molecule has 2 fully saturated rings. The lowest BCUT2D eigenvalue weighted by molar-refractivity contribution is -0.149. The Morgan fingerprint density at radius 3 is 2.62 bits per heavy atom. The van der Waals surface area contributed by atoms with Gasteiger partial charge >= 0.3 is 5.97 Å². The lowest BCUT2D eigenvalue weighted by Crippen LogP contribution is -2.46. The third-order valence-corrected chi connectivity index (χ3v) is 3.39. The Hall–Kier alpha value is -1.10. The van der Waals surface area contributed by atoms with E-state index < -0.39 is 12.0 Å². The fraction of sp³-hybridized carbons (Fsp3) is 0.818. The van der Waals surface area contributed by atoms with Gasteiger partial charge in [0.25, 0.3) is 0 Å². The third kappa shape index (κ3) is 2.35. The smallest absolute Gasteiger partial charge is 0.326 e. The van der Waals surface area contributed by atoms with Crippen LogP contribution >= 0.6 is 0 Å². The minimum atomic E-state index is -0.884. The number of amides is 1. The second kappa shape index (κ2) is 4.41. The van der Waals surface area contributed by atoms with Crippen molar-refractivity contribution in [2.24, 2.45) is 5.92 Å². The molecule has 0 radical (unpaired) electrons. The molecule has 2 atom stereocenters. The molecule has 1 aliphatic carbocycles. The van der Waals surface area contributed by atoms with Crippen LogP contribution in [0.15, 0.2) is 0 Å². The first-order valence-corrected chi connectivity index (χ1v) is 5.85. The molecule has 16 heavy (non-hydrogen) atoms. The summed E-state index contributed by atoms with van der Waals surface area (Å²) in [6.45, 7) is 2.74. The topological polar surface area (TPSA) is 69.6 Å². The summed E-state index contributed by atoms with van der Waals surface area (Å²) in [5, 5.41) is 12.2. The number of carboxylic acid groups (broad SMARTS) is 1. The number of hydrogen-bond acceptors (Lipinski definition) is 3. The van der Waals surface area contributed by atoms with Gasteiger partial charge in [-0.05, 0) is 25.2 Å². The van der Waals surface area contributed by atoms with Crippen molar-refractivity contribution in [3.05, 3.63) is 0 Å². The minimum Gasteiger partial charge on any atom is -0.480 e. The van der Waals surface area contributed by atoms with Crippen LogP contribution in [0.2, 0.25) is 0 Å². The predicted octanol–water partition coefficient (Wildman–Crippen LogP) is 0.0600. The van der Waals surface area contributed by atoms with E-state index in [1.807, 2.05) is 6.92 Å². The van der Waals surface area contributed by atoms with Gasteiger partial charge in [0.05, 0.1) is 6.54 Å². The number of likely N-dealkylation sites (tertiary alicyclic amines) is 1. The van der Waals surface area contributed by atoms with Gasteiger partial charge in [-0.3, -0.25) is 4.79 Å². The zero-order valence-corrected chi connectivity index (χ0v) is 9.48. The van der Waals surface area contributed by atoms with Crippen molar-refractivity contribution in [3.8, 4) is 0 Å². The summed E-state index contributed by atoms with van der Waals surface area (Å²) in [5.41, 5.74) is 0. The molecule has 0 aromatic heterocycles. The molecule has 2 aliphatic rings. The van der Waals surface area contributed by atoms with Crippen LogP contribution in [0.5, 0.6) is 0 Å². The number of carbonyl (C=O) groups excluding carboxylic acids is 1. The Kier molecular flexibility index (Phi) is 3.14. The maximum Gasteiger partial charge on any atom is 0.326 e. The highest BCUT2D eigenvalue weighted by molar-refractivity contribution is 5.85. The molecule has 1 saturated heterocycles. The van der Waals surface area contributed by atoms with E-state index in [9.17, 15) is 9.59 Å². The Labute approximate surface area is 94.8 Å². The van der Waals surface area contributed by atoms with Gasteiger partial charge in [-0.25, -0.2) is 4.79 Å². The van der Waals surface area contributed by atoms with Crippen LogP contribution in [-0.2, 0) is 9.59 Å². The number of aliphatic carboxylic acids is 1. The van der Waals surface area contributed by atoms with Crippen LogP contribution in [0.4, 0.5) is 0 Å². The van der Waals surface area contributed by atoms with Gasteiger partial charge in [0.2, 0.25) is 5.91 Å². The molecule has 1 amide bonds. The highest BCUT2D eigenvalue weighted by Gasteiger charge is 2.39. The van der Waals surface area contributed by atoms with Gasteiger partial charge in [0, 0.05) is 12.6 Å². The number of nitrogens with one attached hydrogen (secondary N) is 1. The van der Waals surface area contributed by atoms with Crippen molar-refractivity contribution >= 4 is 11.9 Å². The molecule has 1 saturated carbocycles. The second-order valence-corrected chi connectivity index (χ2v) is 4.79. The van der Waals surface area contributed by atoms with E-state index in [1.54, 1.807) is 0 Å². The Bertz CT molecular complexity index is 302. The summed E-state index contributed by atoms with van der Waals surface area (Å²) in [6, 6.07) is -0.152. The highest BCUT2D eigenvalue weighted by atomic mass is 16.4. The molecule has 5 heteroatoms. The highest BCUT2D eigenvalue weighted by Crippen LogP contribution is 2.24. The summed E-state index contributed by atoms with van der Waals surface area (Å²) >= 11 is 0. The molecule has 0 bridgehead atoms. The first-order valence-electron chi connectivity index (χ1n) is 5.85. The average molecular weight is 226 g/mol. The summed E-state index contributed by atoms with van der Waals surface area (Å²) in [5.74, 6) is -0.907. The summed E-state index contributed by atoms with van der Waals surface area (Å²) < 4.78 is 0. The van der Waals surface area contributed by atoms with Crippen LogP contribution < -0.4 is 5.32 Å². The van der Waals surface area contributed by atoms with E-state index >= 15 is 0 Å². The van der Waals surface area contributed by atoms with Gasteiger partial charge in [-0.15, -0.1) is 0 Å². The molecule has 0 aromatic rings. The average Bonchev–Trinajstić information content (AvgIpc) is 2.96. The van der Waals surface area contributed by atoms with Gasteiger partial charge in [-0.1, -0.05) is 6.92 Å². The number of carbonyl (C=O) groups is 2. The fourth-order valence-electron chi connectivity index (χ4n) is 2.22. The van der Waals surface area contributed by atoms with Crippen LogP contribution in [0.25, 0.3) is 0 Å². The lowest BCUT2D eigenvalue weighted by Gasteiger charge is -2.23. The molecule has 2 unspecified atom stereocenters. The number of carboxylic acids is 1. The maximum atomic E-state index is 11.8. The first kappa shape index (κ1) is 11.4. The maximum absolute atomic E-state index is 11.8. The molecule has 1 heterocycles. The van der Waals surface area contributed by atoms with Crippen molar-refractivity contribution in [2.75, 3.05) is 13.1 Å². The molecular formula is C11H18N2O3. The van der Waals surface area contributed by atoms with E-state index in [1.165, 1.54) is 4.90 Å². The van der Waals surface area contributed by atoms with Crippen molar-refractivity contribution in [1.29, 1.82) is 0 Å². The zero-order chi connectivity index (χ0) is 11.7. The SMILES string of the molecule is CC1CCN(C(=O)CNC2CC2)C1C(=O)O. The molecule has 2 rings (SSSR count). The number of hydrogen-bond donors (Lipinski definition) is 2. The van der Waals surface area contributed by atoms with E-state index in [2.05, 4.69) is 5.32 Å². The quantitative estimate of drug-likeness (QED) is 0.711. The van der Waals surface area contributed by atoms with Crippen LogP contribution in [0.1, 0.15) is 26.2 Å². The number of rotatable bonds is 4. The van der Waals surface area contributed by atoms with Crippen molar-refractivity contribution < 1.29 is 14.7 Å². The predicted molar refractivity (Wildman–Crippen MR) is 57.9 cm³/mol. The van der Waals surface area contributed by atoms with Crippen molar-refractivity contribution in [3.63, 3.8) is 0 Å². The molecule has 2 N–H and O–H groups in total. The van der Waals surface area contributed by atoms with Crippen LogP contribution in [-0.4, -0.2) is 47.1 Å². The normalized spacial score (nSPS) is 29.4. The molecule has 90 valence electrons. The number of nitrogens with zero attached hydrogens (tertiary/aromatic N) is 1. The van der Waals surface area contributed by atoms with E-state index in [0.717, 1.165) is 19.3 Å². The van der Waals surface area contributed by atoms with E-state index in [-0.39, 0.29) is 18.4 Å². The zero-order valence-electron chi connectivity index (χ0n) is 9.48. The standard InChI is InChI=1S/C11H18N2O3/c1-7-4-5-13(10(7)11(15)16)9(14)6-12-8-2-3-8/h7-8,10,12H,2-6H2,1H3,(H,15,16). The van der Waals surface area contributed by atoms with Crippen molar-refractivity contribution in [1.82, 2.24) is 10.2 Å². The van der Waals surface area contributed by atoms with Crippen LogP contribution in [0, 0.1) is 5.92 Å². The summed E-state index contributed by atoms with van der Waals surface area (Å²) in [4.78, 5) is 24.4. The van der Waals surface area contributed by atoms with Gasteiger partial charge in [-0.2, -0.15) is 0 Å². The summed E-state index contributed by atoms with van der Waals surface area (Å²) in [7, 11) is 0. The van der Waals surface area contributed by atoms with Crippen molar-refractivity contribution in [2.45, 2.75) is 38.3 Å². The first-order chi connectivity index (χ1) is 7.59. The molecule has 5 nitrogen and oxygen atoms in total. The minimum absolute atomic E-state index is 0.0578. The van der Waals surface area contributed by atoms with Gasteiger partial charge in [0.1, 0.15) is 6.04 Å². The van der Waals surface area contributed by atoms with Gasteiger partial charge in [0.15, 0.2) is 0 Å². The second-order valence-electron chi connectivity index (χ2n) is 4.79. The molecular weight excluding hydrogens is 208 g/mol. The Morgan fingerprint density at radius 2 is 2.06 bits per heavy atom. The van der Waals surface area contributed by atoms with Crippen LogP contribution in [0.3, 0.4) is 0 Å². The monoisotopic (exact) mass is 226 g/mol. The Morgan fingerprint density at radius 1 is 1.38 bits per heavy atom. The van der Waals surface area contributed by atoms with E-state index in [0.29, 0.717) is 12.6 Å². The Balaban J connectivity index is 1.90. The van der Waals surface area contributed by atoms with Gasteiger partial charge < -0.3 is 15.3 Å². The molecule has 0 spiro atoms. The fourth-order valence-corrected chi connectivity index (χ4v) is 2.22. The largest absolute Gasteiger partial charge is 0.480 e. The lowest BCUT2D eigenvalue weighted by atomic mass is 10.0. The van der Waals surface area contributed by atoms with E-state index in [4.69, 9.17) is 5.11 Å². The molecule has 1 aliphatic heterocycles. The summed E-state index contributed by atoms with van der Waals surface area (Å²) in [6.07, 6.45) is 3.05. The molecule has 0 aromatic carbocycles.